The van der Waals surface area contributed by atoms with Crippen molar-refractivity contribution >= 4 is 11.9 Å². The highest BCUT2D eigenvalue weighted by molar-refractivity contribution is 5.80. The molecule has 1 heterocycles. The monoisotopic (exact) mass is 418 g/mol. The number of aliphatic carboxylic acids is 1. The number of ether oxygens (including phenoxy) is 2. The van der Waals surface area contributed by atoms with E-state index in [1.807, 2.05) is 31.2 Å². The first kappa shape index (κ1) is 23.3. The average Bonchev–Trinajstić information content (AvgIpc) is 3.07. The molecule has 0 aliphatic rings. The SMILES string of the molecule is CC(Oc1cccc(C(C)(C)C)c1)C(=O)N[C@@H](C)Cn1cc(COCC(=O)O)nn1. The van der Waals surface area contributed by atoms with E-state index in [2.05, 4.69) is 36.4 Å². The van der Waals surface area contributed by atoms with Gasteiger partial charge in [-0.3, -0.25) is 9.48 Å². The van der Waals surface area contributed by atoms with Crippen molar-refractivity contribution < 1.29 is 24.2 Å². The van der Waals surface area contributed by atoms with Crippen LogP contribution in [0.2, 0.25) is 0 Å². The second kappa shape index (κ2) is 10.2. The Bertz CT molecular complexity index is 859. The first-order chi connectivity index (χ1) is 14.0. The van der Waals surface area contributed by atoms with Gasteiger partial charge in [0.1, 0.15) is 18.1 Å². The molecular formula is C21H30N4O5. The van der Waals surface area contributed by atoms with E-state index in [0.29, 0.717) is 18.0 Å². The van der Waals surface area contributed by atoms with Crippen LogP contribution in [0.4, 0.5) is 0 Å². The van der Waals surface area contributed by atoms with Crippen LogP contribution < -0.4 is 10.1 Å². The van der Waals surface area contributed by atoms with Crippen LogP contribution in [0.3, 0.4) is 0 Å². The average molecular weight is 418 g/mol. The maximum absolute atomic E-state index is 12.5. The van der Waals surface area contributed by atoms with E-state index in [1.165, 1.54) is 0 Å². The van der Waals surface area contributed by atoms with Crippen molar-refractivity contribution in [2.24, 2.45) is 0 Å². The van der Waals surface area contributed by atoms with E-state index < -0.39 is 18.7 Å². The van der Waals surface area contributed by atoms with Crippen molar-refractivity contribution in [2.45, 2.75) is 65.3 Å². The molecule has 0 saturated heterocycles. The number of aromatic nitrogens is 3. The van der Waals surface area contributed by atoms with Gasteiger partial charge in [-0.15, -0.1) is 5.10 Å². The van der Waals surface area contributed by atoms with E-state index >= 15 is 0 Å². The van der Waals surface area contributed by atoms with Gasteiger partial charge in [-0.2, -0.15) is 0 Å². The fraction of sp³-hybridized carbons (Fsp3) is 0.524. The molecule has 0 saturated carbocycles. The number of carbonyl (C=O) groups is 2. The lowest BCUT2D eigenvalue weighted by Gasteiger charge is -2.22. The molecule has 0 aliphatic carbocycles. The topological polar surface area (TPSA) is 116 Å². The summed E-state index contributed by atoms with van der Waals surface area (Å²) in [4.78, 5) is 22.9. The fourth-order valence-electron chi connectivity index (χ4n) is 2.72. The maximum atomic E-state index is 12.5. The van der Waals surface area contributed by atoms with Gasteiger partial charge in [-0.25, -0.2) is 4.79 Å². The third-order valence-electron chi connectivity index (χ3n) is 4.29. The minimum atomic E-state index is -1.04. The van der Waals surface area contributed by atoms with Crippen molar-refractivity contribution in [3.05, 3.63) is 41.7 Å². The van der Waals surface area contributed by atoms with Crippen LogP contribution in [0.5, 0.6) is 5.75 Å². The van der Waals surface area contributed by atoms with Crippen LogP contribution in [-0.2, 0) is 32.9 Å². The molecule has 1 aromatic heterocycles. The Morgan fingerprint density at radius 3 is 2.67 bits per heavy atom. The Hall–Kier alpha value is -2.94. The first-order valence-corrected chi connectivity index (χ1v) is 9.80. The molecule has 0 bridgehead atoms. The van der Waals surface area contributed by atoms with Crippen molar-refractivity contribution in [3.63, 3.8) is 0 Å². The lowest BCUT2D eigenvalue weighted by molar-refractivity contribution is -0.142. The summed E-state index contributed by atoms with van der Waals surface area (Å²) >= 11 is 0. The molecule has 1 unspecified atom stereocenters. The number of hydrogen-bond donors (Lipinski definition) is 2. The zero-order valence-corrected chi connectivity index (χ0v) is 18.1. The van der Waals surface area contributed by atoms with Crippen LogP contribution in [0.1, 0.15) is 45.9 Å². The molecule has 30 heavy (non-hydrogen) atoms. The highest BCUT2D eigenvalue weighted by atomic mass is 16.5. The third kappa shape index (κ3) is 7.47. The Morgan fingerprint density at radius 1 is 1.27 bits per heavy atom. The highest BCUT2D eigenvalue weighted by Crippen LogP contribution is 2.26. The van der Waals surface area contributed by atoms with Gasteiger partial charge in [-0.1, -0.05) is 38.1 Å². The van der Waals surface area contributed by atoms with Gasteiger partial charge in [0.05, 0.1) is 19.3 Å². The number of carbonyl (C=O) groups excluding carboxylic acids is 1. The molecule has 0 aliphatic heterocycles. The predicted octanol–water partition coefficient (Wildman–Crippen LogP) is 2.15. The predicted molar refractivity (Wildman–Crippen MR) is 110 cm³/mol. The summed E-state index contributed by atoms with van der Waals surface area (Å²) in [5.41, 5.74) is 1.65. The largest absolute Gasteiger partial charge is 0.481 e. The quantitative estimate of drug-likeness (QED) is 0.607. The Morgan fingerprint density at radius 2 is 2.00 bits per heavy atom. The van der Waals surface area contributed by atoms with Crippen molar-refractivity contribution in [1.29, 1.82) is 0 Å². The number of nitrogens with zero attached hydrogens (tertiary/aromatic N) is 3. The van der Waals surface area contributed by atoms with Crippen LogP contribution in [0.15, 0.2) is 30.5 Å². The van der Waals surface area contributed by atoms with Crippen molar-refractivity contribution in [1.82, 2.24) is 20.3 Å². The van der Waals surface area contributed by atoms with Gasteiger partial charge in [-0.05, 0) is 37.0 Å². The molecule has 2 aromatic rings. The fourth-order valence-corrected chi connectivity index (χ4v) is 2.72. The summed E-state index contributed by atoms with van der Waals surface area (Å²) in [6.45, 7) is 10.0. The standard InChI is InChI=1S/C21H30N4O5/c1-14(10-25-11-17(23-24-25)12-29-13-19(26)27)22-20(28)15(2)30-18-8-6-7-16(9-18)21(3,4)5/h6-9,11,14-15H,10,12-13H2,1-5H3,(H,22,28)(H,26,27)/t14-,15?/m0/s1. The lowest BCUT2D eigenvalue weighted by Crippen LogP contribution is -2.43. The summed E-state index contributed by atoms with van der Waals surface area (Å²) in [7, 11) is 0. The van der Waals surface area contributed by atoms with E-state index in [9.17, 15) is 9.59 Å². The molecule has 1 aromatic carbocycles. The van der Waals surface area contributed by atoms with Crippen molar-refractivity contribution in [3.8, 4) is 5.75 Å². The summed E-state index contributed by atoms with van der Waals surface area (Å²) in [6, 6.07) is 7.55. The van der Waals surface area contributed by atoms with Crippen LogP contribution in [-0.4, -0.2) is 50.7 Å². The van der Waals surface area contributed by atoms with Gasteiger partial charge >= 0.3 is 5.97 Å². The summed E-state index contributed by atoms with van der Waals surface area (Å²) < 4.78 is 12.4. The number of benzene rings is 1. The number of carboxylic acid groups (broad SMARTS) is 1. The molecule has 9 heteroatoms. The second-order valence-electron chi connectivity index (χ2n) is 8.27. The molecular weight excluding hydrogens is 388 g/mol. The molecule has 1 amide bonds. The number of carboxylic acids is 1. The van der Waals surface area contributed by atoms with Gasteiger partial charge in [0.15, 0.2) is 6.10 Å². The van der Waals surface area contributed by atoms with Gasteiger partial charge < -0.3 is 19.9 Å². The minimum absolute atomic E-state index is 0.00526. The minimum Gasteiger partial charge on any atom is -0.481 e. The number of hydrogen-bond acceptors (Lipinski definition) is 6. The zero-order valence-electron chi connectivity index (χ0n) is 18.1. The van der Waals surface area contributed by atoms with Crippen molar-refractivity contribution in [2.75, 3.05) is 6.61 Å². The molecule has 2 rings (SSSR count). The van der Waals surface area contributed by atoms with Gasteiger partial charge in [0, 0.05) is 6.04 Å². The van der Waals surface area contributed by atoms with Gasteiger partial charge in [0.2, 0.25) is 0 Å². The molecule has 9 nitrogen and oxygen atoms in total. The lowest BCUT2D eigenvalue weighted by atomic mass is 9.87. The number of nitrogens with one attached hydrogen (secondary N) is 1. The van der Waals surface area contributed by atoms with Crippen LogP contribution in [0, 0.1) is 0 Å². The Labute approximate surface area is 176 Å². The third-order valence-corrected chi connectivity index (χ3v) is 4.29. The molecule has 2 atom stereocenters. The molecule has 0 spiro atoms. The molecule has 2 N–H and O–H groups in total. The highest BCUT2D eigenvalue weighted by Gasteiger charge is 2.19. The van der Waals surface area contributed by atoms with Crippen LogP contribution >= 0.6 is 0 Å². The Kier molecular flexibility index (Phi) is 7.93. The second-order valence-corrected chi connectivity index (χ2v) is 8.27. The zero-order chi connectivity index (χ0) is 22.3. The summed E-state index contributed by atoms with van der Waals surface area (Å²) in [5.74, 6) is -0.617. The number of amides is 1. The maximum Gasteiger partial charge on any atom is 0.329 e. The van der Waals surface area contributed by atoms with E-state index in [0.717, 1.165) is 5.56 Å². The Balaban J connectivity index is 1.84. The summed E-state index contributed by atoms with van der Waals surface area (Å²) in [5, 5.41) is 19.4. The molecule has 0 radical (unpaired) electrons. The number of rotatable bonds is 10. The smallest absolute Gasteiger partial charge is 0.329 e. The first-order valence-electron chi connectivity index (χ1n) is 9.80. The molecule has 0 fully saturated rings. The van der Waals surface area contributed by atoms with E-state index in [1.54, 1.807) is 17.8 Å². The van der Waals surface area contributed by atoms with E-state index in [4.69, 9.17) is 14.6 Å². The normalized spacial score (nSPS) is 13.5. The summed E-state index contributed by atoms with van der Waals surface area (Å²) in [6.07, 6.45) is 1.00. The molecule has 164 valence electrons. The van der Waals surface area contributed by atoms with Gasteiger partial charge in [0.25, 0.3) is 5.91 Å². The van der Waals surface area contributed by atoms with E-state index in [-0.39, 0.29) is 24.0 Å². The van der Waals surface area contributed by atoms with Crippen LogP contribution in [0.25, 0.3) is 0 Å².